The maximum Gasteiger partial charge on any atom is 0.203 e. The van der Waals surface area contributed by atoms with Crippen LogP contribution in [0.25, 0.3) is 11.0 Å². The monoisotopic (exact) mass is 262 g/mol. The van der Waals surface area contributed by atoms with E-state index in [4.69, 9.17) is 9.15 Å². The molecule has 19 heavy (non-hydrogen) atoms. The molecule has 1 aliphatic rings. The zero-order valence-corrected chi connectivity index (χ0v) is 10.7. The Morgan fingerprint density at radius 3 is 3.05 bits per heavy atom. The van der Waals surface area contributed by atoms with Crippen molar-refractivity contribution < 1.29 is 18.3 Å². The number of fused-ring (bicyclic) bond motifs is 1. The Hall–Kier alpha value is -1.68. The number of hydrogen-bond acceptors (Lipinski definition) is 3. The number of furan rings is 1. The van der Waals surface area contributed by atoms with E-state index in [1.54, 1.807) is 12.1 Å². The highest BCUT2D eigenvalue weighted by Gasteiger charge is 2.34. The fourth-order valence-corrected chi connectivity index (χ4v) is 2.67. The lowest BCUT2D eigenvalue weighted by Gasteiger charge is -2.13. The van der Waals surface area contributed by atoms with Crippen LogP contribution in [0.3, 0.4) is 0 Å². The molecule has 1 aromatic heterocycles. The number of rotatable bonds is 3. The van der Waals surface area contributed by atoms with Crippen molar-refractivity contribution >= 4 is 16.8 Å². The summed E-state index contributed by atoms with van der Waals surface area (Å²) in [5.41, 5.74) is 0.539. The summed E-state index contributed by atoms with van der Waals surface area (Å²) in [5, 5.41) is 0.621. The van der Waals surface area contributed by atoms with Gasteiger partial charge >= 0.3 is 0 Å². The second kappa shape index (κ2) is 4.78. The van der Waals surface area contributed by atoms with E-state index in [1.807, 2.05) is 6.92 Å². The van der Waals surface area contributed by atoms with Gasteiger partial charge in [-0.25, -0.2) is 4.39 Å². The normalized spacial score (nSPS) is 23.1. The molecule has 1 fully saturated rings. The number of benzene rings is 1. The Morgan fingerprint density at radius 2 is 2.26 bits per heavy atom. The summed E-state index contributed by atoms with van der Waals surface area (Å²) < 4.78 is 24.2. The molecular formula is C15H15FO3. The molecule has 0 bridgehead atoms. The van der Waals surface area contributed by atoms with Gasteiger partial charge in [0.2, 0.25) is 5.78 Å². The molecule has 0 spiro atoms. The molecule has 2 unspecified atom stereocenters. The Morgan fingerprint density at radius 1 is 1.42 bits per heavy atom. The molecule has 0 saturated carbocycles. The van der Waals surface area contributed by atoms with E-state index < -0.39 is 0 Å². The Kier molecular flexibility index (Phi) is 3.11. The highest BCUT2D eigenvalue weighted by molar-refractivity contribution is 5.99. The quantitative estimate of drug-likeness (QED) is 0.794. The minimum Gasteiger partial charge on any atom is -0.453 e. The number of Topliss-reactive ketones (excluding diaryl/α,β-unsaturated/α-hetero) is 1. The summed E-state index contributed by atoms with van der Waals surface area (Å²) >= 11 is 0. The molecule has 2 atom stereocenters. The van der Waals surface area contributed by atoms with Crippen molar-refractivity contribution in [2.45, 2.75) is 25.9 Å². The van der Waals surface area contributed by atoms with Crippen molar-refractivity contribution in [1.82, 2.24) is 0 Å². The molecule has 0 aliphatic carbocycles. The van der Waals surface area contributed by atoms with Crippen molar-refractivity contribution in [3.8, 4) is 0 Å². The SMILES string of the molecule is CCC1OCCC1C(=O)c1cc2cc(F)ccc2o1. The van der Waals surface area contributed by atoms with Gasteiger partial charge in [0.15, 0.2) is 5.76 Å². The van der Waals surface area contributed by atoms with Crippen LogP contribution in [0, 0.1) is 11.7 Å². The van der Waals surface area contributed by atoms with Crippen LogP contribution in [-0.2, 0) is 4.74 Å². The highest BCUT2D eigenvalue weighted by Crippen LogP contribution is 2.29. The largest absolute Gasteiger partial charge is 0.453 e. The van der Waals surface area contributed by atoms with Gasteiger partial charge in [0.05, 0.1) is 12.0 Å². The smallest absolute Gasteiger partial charge is 0.203 e. The van der Waals surface area contributed by atoms with E-state index in [0.29, 0.717) is 23.3 Å². The van der Waals surface area contributed by atoms with Gasteiger partial charge < -0.3 is 9.15 Å². The number of carbonyl (C=O) groups is 1. The third-order valence-electron chi connectivity index (χ3n) is 3.67. The Balaban J connectivity index is 1.93. The van der Waals surface area contributed by atoms with Crippen molar-refractivity contribution in [1.29, 1.82) is 0 Å². The van der Waals surface area contributed by atoms with Crippen LogP contribution in [0.4, 0.5) is 4.39 Å². The first kappa shape index (κ1) is 12.4. The van der Waals surface area contributed by atoms with E-state index in [2.05, 4.69) is 0 Å². The summed E-state index contributed by atoms with van der Waals surface area (Å²) in [5.74, 6) is -0.214. The predicted octanol–water partition coefficient (Wildman–Crippen LogP) is 3.57. The topological polar surface area (TPSA) is 39.4 Å². The van der Waals surface area contributed by atoms with Gasteiger partial charge in [-0.2, -0.15) is 0 Å². The van der Waals surface area contributed by atoms with Gasteiger partial charge in [-0.1, -0.05) is 6.92 Å². The van der Waals surface area contributed by atoms with E-state index in [0.717, 1.165) is 12.8 Å². The minimum atomic E-state index is -0.331. The molecule has 100 valence electrons. The van der Waals surface area contributed by atoms with Crippen molar-refractivity contribution in [2.24, 2.45) is 5.92 Å². The van der Waals surface area contributed by atoms with Gasteiger partial charge in [-0.05, 0) is 37.1 Å². The first-order valence-corrected chi connectivity index (χ1v) is 6.54. The molecule has 3 nitrogen and oxygen atoms in total. The lowest BCUT2D eigenvalue weighted by atomic mass is 9.93. The van der Waals surface area contributed by atoms with Gasteiger partial charge in [0.1, 0.15) is 11.4 Å². The van der Waals surface area contributed by atoms with Crippen LogP contribution in [0.15, 0.2) is 28.7 Å². The summed E-state index contributed by atoms with van der Waals surface area (Å²) in [7, 11) is 0. The highest BCUT2D eigenvalue weighted by atomic mass is 19.1. The molecule has 1 aromatic carbocycles. The molecule has 3 rings (SSSR count). The average Bonchev–Trinajstić information content (AvgIpc) is 3.03. The van der Waals surface area contributed by atoms with Crippen LogP contribution >= 0.6 is 0 Å². The molecule has 2 heterocycles. The third-order valence-corrected chi connectivity index (χ3v) is 3.67. The molecule has 0 N–H and O–H groups in total. The van der Waals surface area contributed by atoms with Gasteiger partial charge in [-0.3, -0.25) is 4.79 Å². The fraction of sp³-hybridized carbons (Fsp3) is 0.400. The van der Waals surface area contributed by atoms with Crippen molar-refractivity contribution in [2.75, 3.05) is 6.61 Å². The zero-order chi connectivity index (χ0) is 13.4. The first-order valence-electron chi connectivity index (χ1n) is 6.54. The van der Waals surface area contributed by atoms with Crippen molar-refractivity contribution in [3.63, 3.8) is 0 Å². The van der Waals surface area contributed by atoms with Gasteiger partial charge in [0, 0.05) is 12.0 Å². The molecule has 4 heteroatoms. The number of ether oxygens (including phenoxy) is 1. The van der Waals surface area contributed by atoms with Crippen LogP contribution in [0.1, 0.15) is 30.3 Å². The van der Waals surface area contributed by atoms with Gasteiger partial charge in [0.25, 0.3) is 0 Å². The zero-order valence-electron chi connectivity index (χ0n) is 10.7. The second-order valence-corrected chi connectivity index (χ2v) is 4.87. The standard InChI is InChI=1S/C15H15FO3/c1-2-12-11(5-6-18-12)15(17)14-8-9-7-10(16)3-4-13(9)19-14/h3-4,7-8,11-12H,2,5-6H2,1H3. The number of hydrogen-bond donors (Lipinski definition) is 0. The minimum absolute atomic E-state index is 0.0301. The molecule has 0 radical (unpaired) electrons. The van der Waals surface area contributed by atoms with E-state index >= 15 is 0 Å². The van der Waals surface area contributed by atoms with E-state index in [-0.39, 0.29) is 23.6 Å². The van der Waals surface area contributed by atoms with Crippen LogP contribution in [0.2, 0.25) is 0 Å². The number of halogens is 1. The average molecular weight is 262 g/mol. The maximum absolute atomic E-state index is 13.1. The Bertz CT molecular complexity index is 617. The predicted molar refractivity (Wildman–Crippen MR) is 68.6 cm³/mol. The second-order valence-electron chi connectivity index (χ2n) is 4.87. The maximum atomic E-state index is 13.1. The number of carbonyl (C=O) groups excluding carboxylic acids is 1. The summed E-state index contributed by atoms with van der Waals surface area (Å²) in [6.07, 6.45) is 1.51. The van der Waals surface area contributed by atoms with Crippen LogP contribution in [0.5, 0.6) is 0 Å². The first-order chi connectivity index (χ1) is 9.19. The summed E-state index contributed by atoms with van der Waals surface area (Å²) in [6.45, 7) is 2.62. The summed E-state index contributed by atoms with van der Waals surface area (Å²) in [6, 6.07) is 5.86. The molecule has 0 amide bonds. The third kappa shape index (κ3) is 2.16. The number of ketones is 1. The Labute approximate surface area is 110 Å². The molecule has 1 saturated heterocycles. The van der Waals surface area contributed by atoms with Crippen molar-refractivity contribution in [3.05, 3.63) is 35.8 Å². The van der Waals surface area contributed by atoms with E-state index in [1.165, 1.54) is 12.1 Å². The lowest BCUT2D eigenvalue weighted by molar-refractivity contribution is 0.0670. The van der Waals surface area contributed by atoms with E-state index in [9.17, 15) is 9.18 Å². The molecular weight excluding hydrogens is 247 g/mol. The lowest BCUT2D eigenvalue weighted by Crippen LogP contribution is -2.23. The fourth-order valence-electron chi connectivity index (χ4n) is 2.67. The van der Waals surface area contributed by atoms with Crippen LogP contribution in [-0.4, -0.2) is 18.5 Å². The molecule has 1 aliphatic heterocycles. The molecule has 2 aromatic rings. The summed E-state index contributed by atoms with van der Waals surface area (Å²) in [4.78, 5) is 12.4. The van der Waals surface area contributed by atoms with Crippen LogP contribution < -0.4 is 0 Å². The van der Waals surface area contributed by atoms with Gasteiger partial charge in [-0.15, -0.1) is 0 Å².